The molecule has 2 nitrogen and oxygen atoms in total. The van der Waals surface area contributed by atoms with E-state index >= 15 is 0 Å². The Balaban J connectivity index is 1.95. The van der Waals surface area contributed by atoms with E-state index < -0.39 is 0 Å². The molecule has 0 bridgehead atoms. The molecular formula is C10H20N2. The Hall–Kier alpha value is -0.0800. The standard InChI is InChI=1S/C10H20N2/c1-9-7-10(8-11-9)3-5-12(2)6-4-10/h9,11H,3-8H2,1-2H3/t9-/m1/s1. The molecule has 2 heteroatoms. The summed E-state index contributed by atoms with van der Waals surface area (Å²) in [6.45, 7) is 6.18. The summed E-state index contributed by atoms with van der Waals surface area (Å²) in [5, 5.41) is 3.58. The van der Waals surface area contributed by atoms with E-state index in [0.717, 1.165) is 6.04 Å². The molecule has 0 unspecified atom stereocenters. The molecule has 1 N–H and O–H groups in total. The van der Waals surface area contributed by atoms with Gasteiger partial charge < -0.3 is 10.2 Å². The third kappa shape index (κ3) is 1.50. The molecule has 2 aliphatic heterocycles. The van der Waals surface area contributed by atoms with Crippen LogP contribution >= 0.6 is 0 Å². The van der Waals surface area contributed by atoms with Gasteiger partial charge in [0.1, 0.15) is 0 Å². The minimum absolute atomic E-state index is 0.673. The Morgan fingerprint density at radius 1 is 1.33 bits per heavy atom. The van der Waals surface area contributed by atoms with Gasteiger partial charge in [0.25, 0.3) is 0 Å². The molecule has 2 rings (SSSR count). The van der Waals surface area contributed by atoms with Crippen LogP contribution in [0.1, 0.15) is 26.2 Å². The van der Waals surface area contributed by atoms with Crippen LogP contribution in [0.25, 0.3) is 0 Å². The lowest BCUT2D eigenvalue weighted by Crippen LogP contribution is -2.39. The zero-order valence-corrected chi connectivity index (χ0v) is 8.27. The van der Waals surface area contributed by atoms with E-state index in [1.165, 1.54) is 38.9 Å². The van der Waals surface area contributed by atoms with Crippen LogP contribution in [-0.2, 0) is 0 Å². The lowest BCUT2D eigenvalue weighted by molar-refractivity contribution is 0.138. The van der Waals surface area contributed by atoms with Crippen LogP contribution in [-0.4, -0.2) is 37.6 Å². The van der Waals surface area contributed by atoms with Crippen LogP contribution in [0.15, 0.2) is 0 Å². The number of likely N-dealkylation sites (tertiary alicyclic amines) is 1. The van der Waals surface area contributed by atoms with E-state index in [-0.39, 0.29) is 0 Å². The molecule has 0 radical (unpaired) electrons. The van der Waals surface area contributed by atoms with Crippen LogP contribution in [0.2, 0.25) is 0 Å². The van der Waals surface area contributed by atoms with Crippen molar-refractivity contribution in [2.24, 2.45) is 5.41 Å². The molecule has 12 heavy (non-hydrogen) atoms. The number of hydrogen-bond donors (Lipinski definition) is 1. The van der Waals surface area contributed by atoms with E-state index in [0.29, 0.717) is 5.41 Å². The molecule has 2 heterocycles. The normalized spacial score (nSPS) is 36.0. The first kappa shape index (κ1) is 8.52. The number of hydrogen-bond acceptors (Lipinski definition) is 2. The summed E-state index contributed by atoms with van der Waals surface area (Å²) in [6.07, 6.45) is 4.21. The maximum absolute atomic E-state index is 3.58. The van der Waals surface area contributed by atoms with E-state index in [9.17, 15) is 0 Å². The number of rotatable bonds is 0. The van der Waals surface area contributed by atoms with Gasteiger partial charge in [-0.25, -0.2) is 0 Å². The summed E-state index contributed by atoms with van der Waals surface area (Å²) in [4.78, 5) is 2.45. The predicted octanol–water partition coefficient (Wildman–Crippen LogP) is 1.08. The molecule has 2 aliphatic rings. The van der Waals surface area contributed by atoms with Crippen LogP contribution in [0.5, 0.6) is 0 Å². The summed E-state index contributed by atoms with van der Waals surface area (Å²) in [5.41, 5.74) is 0.673. The molecule has 1 atom stereocenters. The van der Waals surface area contributed by atoms with Crippen molar-refractivity contribution in [3.05, 3.63) is 0 Å². The maximum atomic E-state index is 3.58. The third-order valence-electron chi connectivity index (χ3n) is 3.61. The smallest absolute Gasteiger partial charge is 0.00447 e. The van der Waals surface area contributed by atoms with Crippen LogP contribution in [0.3, 0.4) is 0 Å². The van der Waals surface area contributed by atoms with Crippen LogP contribution in [0.4, 0.5) is 0 Å². The van der Waals surface area contributed by atoms with Gasteiger partial charge in [-0.1, -0.05) is 0 Å². The fourth-order valence-electron chi connectivity index (χ4n) is 2.66. The van der Waals surface area contributed by atoms with Crippen molar-refractivity contribution in [1.29, 1.82) is 0 Å². The van der Waals surface area contributed by atoms with E-state index in [1.807, 2.05) is 0 Å². The molecule has 2 saturated heterocycles. The molecular weight excluding hydrogens is 148 g/mol. The second kappa shape index (κ2) is 3.00. The van der Waals surface area contributed by atoms with Crippen LogP contribution < -0.4 is 5.32 Å². The number of nitrogens with zero attached hydrogens (tertiary/aromatic N) is 1. The highest BCUT2D eigenvalue weighted by molar-refractivity contribution is 4.94. The maximum Gasteiger partial charge on any atom is 0.00447 e. The Bertz CT molecular complexity index is 159. The monoisotopic (exact) mass is 168 g/mol. The largest absolute Gasteiger partial charge is 0.314 e. The number of piperidine rings is 1. The summed E-state index contributed by atoms with van der Waals surface area (Å²) in [5.74, 6) is 0. The Morgan fingerprint density at radius 2 is 2.00 bits per heavy atom. The quantitative estimate of drug-likeness (QED) is 0.582. The minimum atomic E-state index is 0.673. The molecule has 70 valence electrons. The molecule has 1 spiro atoms. The third-order valence-corrected chi connectivity index (χ3v) is 3.61. The van der Waals surface area contributed by atoms with Gasteiger partial charge in [0.15, 0.2) is 0 Å². The highest BCUT2D eigenvalue weighted by atomic mass is 15.1. The van der Waals surface area contributed by atoms with Gasteiger partial charge in [0, 0.05) is 12.6 Å². The lowest BCUT2D eigenvalue weighted by Gasteiger charge is -2.37. The van der Waals surface area contributed by atoms with Gasteiger partial charge in [0.2, 0.25) is 0 Å². The van der Waals surface area contributed by atoms with Gasteiger partial charge in [-0.2, -0.15) is 0 Å². The SMILES string of the molecule is C[C@@H]1CC2(CCN(C)CC2)CN1. The fourth-order valence-corrected chi connectivity index (χ4v) is 2.66. The Kier molecular flexibility index (Phi) is 2.13. The Morgan fingerprint density at radius 3 is 2.50 bits per heavy atom. The molecule has 0 aromatic carbocycles. The van der Waals surface area contributed by atoms with Crippen molar-refractivity contribution in [2.45, 2.75) is 32.2 Å². The average molecular weight is 168 g/mol. The molecule has 2 fully saturated rings. The molecule has 0 saturated carbocycles. The zero-order valence-electron chi connectivity index (χ0n) is 8.27. The van der Waals surface area contributed by atoms with Crippen molar-refractivity contribution >= 4 is 0 Å². The summed E-state index contributed by atoms with van der Waals surface area (Å²) >= 11 is 0. The van der Waals surface area contributed by atoms with E-state index in [2.05, 4.69) is 24.2 Å². The lowest BCUT2D eigenvalue weighted by atomic mass is 9.77. The highest BCUT2D eigenvalue weighted by Gasteiger charge is 2.38. The average Bonchev–Trinajstić information content (AvgIpc) is 2.40. The highest BCUT2D eigenvalue weighted by Crippen LogP contribution is 2.38. The second-order valence-electron chi connectivity index (χ2n) is 4.79. The fraction of sp³-hybridized carbons (Fsp3) is 1.00. The van der Waals surface area contributed by atoms with Gasteiger partial charge in [0.05, 0.1) is 0 Å². The predicted molar refractivity (Wildman–Crippen MR) is 51.2 cm³/mol. The van der Waals surface area contributed by atoms with Gasteiger partial charge in [-0.3, -0.25) is 0 Å². The van der Waals surface area contributed by atoms with Crippen molar-refractivity contribution in [2.75, 3.05) is 26.7 Å². The first-order valence-corrected chi connectivity index (χ1v) is 5.12. The first-order chi connectivity index (χ1) is 5.70. The molecule has 0 aromatic heterocycles. The topological polar surface area (TPSA) is 15.3 Å². The second-order valence-corrected chi connectivity index (χ2v) is 4.79. The molecule has 0 aromatic rings. The number of nitrogens with one attached hydrogen (secondary N) is 1. The van der Waals surface area contributed by atoms with Crippen molar-refractivity contribution in [1.82, 2.24) is 10.2 Å². The van der Waals surface area contributed by atoms with Crippen molar-refractivity contribution in [3.63, 3.8) is 0 Å². The zero-order chi connectivity index (χ0) is 8.60. The van der Waals surface area contributed by atoms with Gasteiger partial charge in [-0.05, 0) is 51.7 Å². The van der Waals surface area contributed by atoms with Crippen molar-refractivity contribution < 1.29 is 0 Å². The molecule has 0 amide bonds. The summed E-state index contributed by atoms with van der Waals surface area (Å²) in [6, 6.07) is 0.758. The van der Waals surface area contributed by atoms with E-state index in [4.69, 9.17) is 0 Å². The summed E-state index contributed by atoms with van der Waals surface area (Å²) < 4.78 is 0. The molecule has 0 aliphatic carbocycles. The summed E-state index contributed by atoms with van der Waals surface area (Å²) in [7, 11) is 2.23. The van der Waals surface area contributed by atoms with Crippen LogP contribution in [0, 0.1) is 5.41 Å². The van der Waals surface area contributed by atoms with Crippen molar-refractivity contribution in [3.8, 4) is 0 Å². The van der Waals surface area contributed by atoms with Gasteiger partial charge in [-0.15, -0.1) is 0 Å². The Labute approximate surface area is 75.3 Å². The first-order valence-electron chi connectivity index (χ1n) is 5.12. The minimum Gasteiger partial charge on any atom is -0.314 e. The van der Waals surface area contributed by atoms with Gasteiger partial charge >= 0.3 is 0 Å². The van der Waals surface area contributed by atoms with E-state index in [1.54, 1.807) is 0 Å².